The van der Waals surface area contributed by atoms with Crippen LogP contribution in [-0.2, 0) is 23.7 Å². The van der Waals surface area contributed by atoms with Crippen LogP contribution in [0.4, 0.5) is 0 Å². The van der Waals surface area contributed by atoms with E-state index in [0.717, 1.165) is 0 Å². The highest BCUT2D eigenvalue weighted by Crippen LogP contribution is 2.44. The van der Waals surface area contributed by atoms with Crippen LogP contribution < -0.4 is 5.32 Å². The largest absolute Gasteiger partial charge is 0.604 e. The van der Waals surface area contributed by atoms with Crippen LogP contribution in [0.3, 0.4) is 0 Å². The van der Waals surface area contributed by atoms with E-state index in [1.54, 1.807) is 6.07 Å². The third-order valence-electron chi connectivity index (χ3n) is 6.60. The van der Waals surface area contributed by atoms with Gasteiger partial charge in [-0.1, -0.05) is 43.5 Å². The molecule has 1 aromatic carbocycles. The summed E-state index contributed by atoms with van der Waals surface area (Å²) in [7, 11) is 1.92. The summed E-state index contributed by atoms with van der Waals surface area (Å²) in [4.78, 5) is 50.1. The minimum Gasteiger partial charge on any atom is -0.604 e. The van der Waals surface area contributed by atoms with Gasteiger partial charge in [0.05, 0.1) is 43.1 Å². The molecule has 0 spiro atoms. The fourth-order valence-corrected chi connectivity index (χ4v) is 5.33. The average molecular weight is 499 g/mol. The highest BCUT2D eigenvalue weighted by Gasteiger charge is 2.63. The number of hydrogen-bond donors (Lipinski definition) is 1. The van der Waals surface area contributed by atoms with Crippen LogP contribution >= 0.6 is 23.2 Å². The van der Waals surface area contributed by atoms with Gasteiger partial charge >= 0.3 is 6.69 Å². The molecule has 2 aliphatic rings. The van der Waals surface area contributed by atoms with Crippen LogP contribution in [-0.4, -0.2) is 61.4 Å². The van der Waals surface area contributed by atoms with E-state index in [-0.39, 0.29) is 52.5 Å². The van der Waals surface area contributed by atoms with Crippen LogP contribution in [0.15, 0.2) is 18.2 Å². The van der Waals surface area contributed by atoms with Crippen LogP contribution in [0.5, 0.6) is 0 Å². The first kappa shape index (κ1) is 25.5. The van der Waals surface area contributed by atoms with Crippen molar-refractivity contribution in [3.05, 3.63) is 33.8 Å². The number of rotatable bonds is 8. The van der Waals surface area contributed by atoms with E-state index >= 15 is 0 Å². The highest BCUT2D eigenvalue weighted by molar-refractivity contribution is 6.65. The maximum atomic E-state index is 13.0. The summed E-state index contributed by atoms with van der Waals surface area (Å²) in [5, 5.41) is 3.15. The molecule has 2 aliphatic heterocycles. The van der Waals surface area contributed by atoms with E-state index in [4.69, 9.17) is 32.5 Å². The van der Waals surface area contributed by atoms with E-state index < -0.39 is 30.3 Å². The molecular weight excluding hydrogens is 470 g/mol. The van der Waals surface area contributed by atoms with E-state index in [9.17, 15) is 19.2 Å². The summed E-state index contributed by atoms with van der Waals surface area (Å²) in [6.07, 6.45) is 0.983. The van der Waals surface area contributed by atoms with Crippen molar-refractivity contribution in [1.29, 1.82) is 0 Å². The van der Waals surface area contributed by atoms with Crippen molar-refractivity contribution in [2.75, 3.05) is 26.7 Å². The van der Waals surface area contributed by atoms with E-state index in [2.05, 4.69) is 5.32 Å². The zero-order chi connectivity index (χ0) is 24.4. The first-order valence-corrected chi connectivity index (χ1v) is 11.9. The Morgan fingerprint density at radius 3 is 2.30 bits per heavy atom. The van der Waals surface area contributed by atoms with Crippen LogP contribution in [0.1, 0.15) is 49.9 Å². The van der Waals surface area contributed by atoms with Crippen molar-refractivity contribution >= 4 is 53.5 Å². The molecule has 0 aliphatic carbocycles. The molecule has 180 valence electrons. The van der Waals surface area contributed by atoms with Gasteiger partial charge < -0.3 is 19.0 Å². The number of benzene rings is 1. The van der Waals surface area contributed by atoms with Gasteiger partial charge in [-0.3, -0.25) is 19.2 Å². The summed E-state index contributed by atoms with van der Waals surface area (Å²) >= 11 is 12.0. The molecule has 2 heterocycles. The summed E-state index contributed by atoms with van der Waals surface area (Å²) in [5.41, 5.74) is 0.171. The number of carbonyl (C=O) groups is 4. The Labute approximate surface area is 203 Å². The third-order valence-corrected chi connectivity index (χ3v) is 7.17. The minimum absolute atomic E-state index is 0.00383. The Morgan fingerprint density at radius 1 is 1.12 bits per heavy atom. The number of ketones is 1. The van der Waals surface area contributed by atoms with Gasteiger partial charge in [0, 0.05) is 12.1 Å². The number of nitrogens with one attached hydrogen (secondary N) is 1. The highest BCUT2D eigenvalue weighted by atomic mass is 35.5. The molecule has 0 bridgehead atoms. The molecule has 0 saturated carbocycles. The fourth-order valence-electron chi connectivity index (χ4n) is 4.96. The molecule has 11 heteroatoms. The molecule has 1 N–H and O–H groups in total. The topological polar surface area (TPSA) is 98.8 Å². The standard InChI is InChI=1S/C22H29BCl2N2O6/c1-14(2)10-15(23-27(3,8-6-20(29)32-23)9-7-21(30)33-23)11-17(28)13-26-22(31)18-12-16(24)4-5-19(18)25/h4-5,12,14-15H,6-11,13H2,1-3H3,(H,26,31)/t15-,23?,27?/m1/s1. The van der Waals surface area contributed by atoms with Gasteiger partial charge in [0.25, 0.3) is 17.8 Å². The maximum Gasteiger partial charge on any atom is 0.586 e. The Balaban J connectivity index is 1.78. The lowest BCUT2D eigenvalue weighted by atomic mass is 9.49. The summed E-state index contributed by atoms with van der Waals surface area (Å²) in [6.45, 7) is 2.30. The molecule has 0 unspecified atom stereocenters. The van der Waals surface area contributed by atoms with Gasteiger partial charge in [0.15, 0.2) is 0 Å². The SMILES string of the molecule is CC(C)C[C@H](CC(=O)CNC(=O)c1cc(Cl)ccc1Cl)[B-]12OC(=O)CC[N+]1(C)CCC(=O)O2. The van der Waals surface area contributed by atoms with Gasteiger partial charge in [0.1, 0.15) is 5.78 Å². The molecule has 1 atom stereocenters. The van der Waals surface area contributed by atoms with E-state index in [1.807, 2.05) is 20.9 Å². The molecule has 1 amide bonds. The lowest BCUT2D eigenvalue weighted by Crippen LogP contribution is -2.78. The van der Waals surface area contributed by atoms with Gasteiger partial charge in [-0.2, -0.15) is 0 Å². The maximum absolute atomic E-state index is 13.0. The van der Waals surface area contributed by atoms with Crippen molar-refractivity contribution < 1.29 is 32.9 Å². The molecule has 2 fully saturated rings. The molecule has 2 saturated heterocycles. The average Bonchev–Trinajstić information content (AvgIpc) is 2.74. The Bertz CT molecular complexity index is 948. The second-order valence-electron chi connectivity index (χ2n) is 9.57. The molecular formula is C22H29BCl2N2O6. The number of amides is 1. The van der Waals surface area contributed by atoms with Crippen molar-refractivity contribution in [1.82, 2.24) is 5.32 Å². The molecule has 3 rings (SSSR count). The number of hydrogen-bond acceptors (Lipinski definition) is 6. The summed E-state index contributed by atoms with van der Waals surface area (Å²) in [6, 6.07) is 4.50. The van der Waals surface area contributed by atoms with Crippen molar-refractivity contribution in [3.63, 3.8) is 0 Å². The number of Topliss-reactive ketones (excluding diaryl/α,β-unsaturated/α-hetero) is 1. The predicted molar refractivity (Wildman–Crippen MR) is 125 cm³/mol. The number of carbonyl (C=O) groups excluding carboxylic acids is 4. The first-order chi connectivity index (χ1) is 15.5. The van der Waals surface area contributed by atoms with Gasteiger partial charge in [-0.15, -0.1) is 0 Å². The normalized spacial score (nSPS) is 25.6. The first-order valence-electron chi connectivity index (χ1n) is 11.1. The third kappa shape index (κ3) is 5.53. The lowest BCUT2D eigenvalue weighted by molar-refractivity contribution is -0.835. The van der Waals surface area contributed by atoms with Crippen molar-refractivity contribution in [2.24, 2.45) is 5.92 Å². The lowest BCUT2D eigenvalue weighted by Gasteiger charge is -2.62. The van der Waals surface area contributed by atoms with E-state index in [1.165, 1.54) is 12.1 Å². The van der Waals surface area contributed by atoms with Crippen LogP contribution in [0.2, 0.25) is 15.9 Å². The van der Waals surface area contributed by atoms with Crippen molar-refractivity contribution in [2.45, 2.75) is 45.3 Å². The Hall–Kier alpha value is -2.10. The molecule has 1 aromatic rings. The summed E-state index contributed by atoms with van der Waals surface area (Å²) in [5.74, 6) is -1.97. The molecule has 0 radical (unpaired) electrons. The van der Waals surface area contributed by atoms with Gasteiger partial charge in [-0.05, 0) is 36.4 Å². The number of fused-ring (bicyclic) bond motifs is 1. The molecule has 33 heavy (non-hydrogen) atoms. The Morgan fingerprint density at radius 2 is 1.73 bits per heavy atom. The monoisotopic (exact) mass is 498 g/mol. The fraction of sp³-hybridized carbons (Fsp3) is 0.545. The number of nitrogens with zero attached hydrogens (tertiary/aromatic N) is 1. The second kappa shape index (κ2) is 10.0. The second-order valence-corrected chi connectivity index (χ2v) is 10.4. The zero-order valence-corrected chi connectivity index (χ0v) is 20.6. The number of halogens is 2. The van der Waals surface area contributed by atoms with Gasteiger partial charge in [0.2, 0.25) is 0 Å². The number of quaternary nitrogens is 1. The van der Waals surface area contributed by atoms with Crippen LogP contribution in [0.25, 0.3) is 0 Å². The van der Waals surface area contributed by atoms with E-state index in [0.29, 0.717) is 24.5 Å². The van der Waals surface area contributed by atoms with Gasteiger partial charge in [-0.25, -0.2) is 0 Å². The Kier molecular flexibility index (Phi) is 7.76. The van der Waals surface area contributed by atoms with Crippen LogP contribution in [0, 0.1) is 5.92 Å². The zero-order valence-electron chi connectivity index (χ0n) is 19.1. The molecule has 0 aromatic heterocycles. The molecule has 8 nitrogen and oxygen atoms in total. The predicted octanol–water partition coefficient (Wildman–Crippen LogP) is 3.38. The van der Waals surface area contributed by atoms with Crippen molar-refractivity contribution in [3.8, 4) is 0 Å². The summed E-state index contributed by atoms with van der Waals surface area (Å²) < 4.78 is 11.9. The minimum atomic E-state index is -2.42. The smallest absolute Gasteiger partial charge is 0.586 e. The quantitative estimate of drug-likeness (QED) is 0.551.